The Morgan fingerprint density at radius 1 is 1.48 bits per heavy atom. The van der Waals surface area contributed by atoms with Gasteiger partial charge in [0.15, 0.2) is 0 Å². The molecule has 2 unspecified atom stereocenters. The van der Waals surface area contributed by atoms with Gasteiger partial charge in [0.05, 0.1) is 5.69 Å². The Morgan fingerprint density at radius 2 is 2.24 bits per heavy atom. The van der Waals surface area contributed by atoms with Crippen LogP contribution in [0, 0.1) is 11.8 Å². The summed E-state index contributed by atoms with van der Waals surface area (Å²) in [6.45, 7) is 5.77. The van der Waals surface area contributed by atoms with E-state index in [0.29, 0.717) is 12.8 Å². The average Bonchev–Trinajstić information content (AvgIpc) is 2.87. The number of rotatable bonds is 4. The molecule has 0 N–H and O–H groups in total. The summed E-state index contributed by atoms with van der Waals surface area (Å²) in [5, 5.41) is 4.13. The Morgan fingerprint density at radius 3 is 2.81 bits per heavy atom. The van der Waals surface area contributed by atoms with Crippen molar-refractivity contribution in [1.29, 1.82) is 0 Å². The van der Waals surface area contributed by atoms with Gasteiger partial charge < -0.3 is 4.84 Å². The van der Waals surface area contributed by atoms with Crippen LogP contribution in [0.15, 0.2) is 23.5 Å². The van der Waals surface area contributed by atoms with Gasteiger partial charge in [0.25, 0.3) is 0 Å². The van der Waals surface area contributed by atoms with Crippen LogP contribution in [0.2, 0.25) is 0 Å². The number of nitrogens with zero attached hydrogens (tertiary/aromatic N) is 2. The molecule has 0 bridgehead atoms. The summed E-state index contributed by atoms with van der Waals surface area (Å²) in [5.74, 6) is 5.80. The quantitative estimate of drug-likeness (QED) is 0.803. The number of hydrogen-bond acceptors (Lipinski definition) is 4. The first-order valence-corrected chi connectivity index (χ1v) is 8.43. The first kappa shape index (κ1) is 15.7. The molecule has 0 spiro atoms. The molecule has 2 rings (SSSR count). The zero-order chi connectivity index (χ0) is 15.5. The van der Waals surface area contributed by atoms with Crippen molar-refractivity contribution >= 4 is 16.5 Å². The molecule has 0 fully saturated rings. The molecular formula is C16H20N2O2S. The Hall–Kier alpha value is -1.67. The molecule has 2 heterocycles. The molecule has 0 amide bonds. The molecule has 1 aromatic rings. The number of oxime groups is 1. The monoisotopic (exact) mass is 304 g/mol. The van der Waals surface area contributed by atoms with Crippen LogP contribution in [0.5, 0.6) is 0 Å². The third kappa shape index (κ3) is 3.92. The average molecular weight is 304 g/mol. The van der Waals surface area contributed by atoms with E-state index in [-0.39, 0.29) is 10.9 Å². The van der Waals surface area contributed by atoms with Crippen molar-refractivity contribution in [2.75, 3.05) is 6.26 Å². The summed E-state index contributed by atoms with van der Waals surface area (Å²) >= 11 is 0. The summed E-state index contributed by atoms with van der Waals surface area (Å²) < 4.78 is 11.4. The van der Waals surface area contributed by atoms with Gasteiger partial charge in [-0.2, -0.15) is 0 Å². The molecule has 1 aliphatic heterocycles. The number of pyridine rings is 1. The minimum atomic E-state index is -0.895. The van der Waals surface area contributed by atoms with Crippen molar-refractivity contribution in [3.63, 3.8) is 0 Å². The van der Waals surface area contributed by atoms with Crippen LogP contribution in [0.1, 0.15) is 44.9 Å². The second-order valence-corrected chi connectivity index (χ2v) is 7.71. The highest BCUT2D eigenvalue weighted by molar-refractivity contribution is 7.85. The van der Waals surface area contributed by atoms with Gasteiger partial charge in [-0.1, -0.05) is 11.1 Å². The Kier molecular flexibility index (Phi) is 4.79. The van der Waals surface area contributed by atoms with E-state index in [4.69, 9.17) is 4.84 Å². The van der Waals surface area contributed by atoms with Gasteiger partial charge in [0.1, 0.15) is 11.8 Å². The first-order valence-electron chi connectivity index (χ1n) is 6.88. The predicted molar refractivity (Wildman–Crippen MR) is 85.6 cm³/mol. The lowest BCUT2D eigenvalue weighted by atomic mass is 10.00. The normalized spacial score (nSPS) is 19.2. The molecule has 0 aliphatic carbocycles. The van der Waals surface area contributed by atoms with Crippen LogP contribution in [0.25, 0.3) is 0 Å². The minimum Gasteiger partial charge on any atom is -0.392 e. The molecular weight excluding hydrogens is 284 g/mol. The van der Waals surface area contributed by atoms with Crippen LogP contribution in [0.3, 0.4) is 0 Å². The summed E-state index contributed by atoms with van der Waals surface area (Å²) in [4.78, 5) is 9.84. The molecule has 2 atom stereocenters. The van der Waals surface area contributed by atoms with Gasteiger partial charge in [-0.25, -0.2) is 0 Å². The molecule has 1 aromatic heterocycles. The topological polar surface area (TPSA) is 51.5 Å². The molecule has 4 nitrogen and oxygen atoms in total. The van der Waals surface area contributed by atoms with Crippen molar-refractivity contribution in [2.45, 2.75) is 44.5 Å². The van der Waals surface area contributed by atoms with Crippen LogP contribution in [-0.4, -0.2) is 32.0 Å². The highest BCUT2D eigenvalue weighted by atomic mass is 32.2. The maximum atomic E-state index is 11.7. The lowest BCUT2D eigenvalue weighted by Crippen LogP contribution is -2.31. The molecule has 1 aliphatic rings. The smallest absolute Gasteiger partial charge is 0.134 e. The zero-order valence-electron chi connectivity index (χ0n) is 12.8. The van der Waals surface area contributed by atoms with Crippen molar-refractivity contribution in [3.8, 4) is 11.8 Å². The van der Waals surface area contributed by atoms with Crippen LogP contribution in [0.4, 0.5) is 0 Å². The van der Waals surface area contributed by atoms with E-state index in [2.05, 4.69) is 22.0 Å². The van der Waals surface area contributed by atoms with E-state index < -0.39 is 10.8 Å². The summed E-state index contributed by atoms with van der Waals surface area (Å²) in [6.07, 6.45) is 4.85. The highest BCUT2D eigenvalue weighted by Crippen LogP contribution is 2.26. The van der Waals surface area contributed by atoms with E-state index in [1.54, 1.807) is 19.4 Å². The van der Waals surface area contributed by atoms with E-state index in [0.717, 1.165) is 17.0 Å². The van der Waals surface area contributed by atoms with E-state index in [1.807, 2.05) is 26.0 Å². The van der Waals surface area contributed by atoms with Gasteiger partial charge in [-0.15, -0.1) is 5.92 Å². The highest BCUT2D eigenvalue weighted by Gasteiger charge is 2.32. The number of aromatic nitrogens is 1. The predicted octanol–water partition coefficient (Wildman–Crippen LogP) is 2.49. The number of hydrogen-bond donors (Lipinski definition) is 0. The molecule has 21 heavy (non-hydrogen) atoms. The second-order valence-electron chi connectivity index (χ2n) is 5.69. The van der Waals surface area contributed by atoms with E-state index in [1.165, 1.54) is 0 Å². The summed E-state index contributed by atoms with van der Waals surface area (Å²) in [7, 11) is -0.895. The Bertz CT molecular complexity index is 624. The van der Waals surface area contributed by atoms with Gasteiger partial charge in [0, 0.05) is 46.4 Å². The lowest BCUT2D eigenvalue weighted by Gasteiger charge is -2.23. The van der Waals surface area contributed by atoms with Crippen LogP contribution >= 0.6 is 0 Å². The zero-order valence-corrected chi connectivity index (χ0v) is 13.7. The van der Waals surface area contributed by atoms with Crippen LogP contribution < -0.4 is 0 Å². The van der Waals surface area contributed by atoms with Crippen molar-refractivity contribution in [1.82, 2.24) is 4.98 Å². The molecule has 5 heteroatoms. The SMILES string of the molecule is CC#Cc1ccc(C2=NOC(CC(C)(C)S(C)=O)C2)nc1. The standard InChI is InChI=1S/C16H20N2O2S/c1-5-6-12-7-8-14(17-11-12)15-9-13(20-18-15)10-16(2,3)21(4)19/h7-8,11,13H,9-10H2,1-4H3. The molecule has 0 radical (unpaired) electrons. The second kappa shape index (κ2) is 6.40. The first-order chi connectivity index (χ1) is 9.92. The van der Waals surface area contributed by atoms with Gasteiger partial charge in [0.2, 0.25) is 0 Å². The minimum absolute atomic E-state index is 0.0317. The fourth-order valence-corrected chi connectivity index (χ4v) is 2.56. The van der Waals surface area contributed by atoms with Gasteiger partial charge >= 0.3 is 0 Å². The van der Waals surface area contributed by atoms with E-state index >= 15 is 0 Å². The lowest BCUT2D eigenvalue weighted by molar-refractivity contribution is 0.0730. The summed E-state index contributed by atoms with van der Waals surface area (Å²) in [6, 6.07) is 3.84. The molecule has 0 saturated heterocycles. The fraction of sp³-hybridized carbons (Fsp3) is 0.500. The third-order valence-electron chi connectivity index (χ3n) is 3.56. The van der Waals surface area contributed by atoms with Gasteiger partial charge in [-0.3, -0.25) is 9.19 Å². The van der Waals surface area contributed by atoms with Crippen molar-refractivity contribution in [2.24, 2.45) is 5.16 Å². The Balaban J connectivity index is 2.01. The fourth-order valence-electron chi connectivity index (χ4n) is 2.14. The Labute approximate surface area is 128 Å². The van der Waals surface area contributed by atoms with Gasteiger partial charge in [-0.05, 0) is 32.9 Å². The molecule has 0 aromatic carbocycles. The molecule has 0 saturated carbocycles. The largest absolute Gasteiger partial charge is 0.392 e. The molecule has 112 valence electrons. The summed E-state index contributed by atoms with van der Waals surface area (Å²) in [5.41, 5.74) is 2.54. The van der Waals surface area contributed by atoms with Crippen molar-refractivity contribution < 1.29 is 9.05 Å². The third-order valence-corrected chi connectivity index (χ3v) is 5.28. The van der Waals surface area contributed by atoms with Crippen LogP contribution in [-0.2, 0) is 15.6 Å². The maximum Gasteiger partial charge on any atom is 0.134 e. The van der Waals surface area contributed by atoms with E-state index in [9.17, 15) is 4.21 Å². The van der Waals surface area contributed by atoms with Crippen molar-refractivity contribution in [3.05, 3.63) is 29.6 Å². The maximum absolute atomic E-state index is 11.7.